The normalized spacial score (nSPS) is 11.7. The van der Waals surface area contributed by atoms with E-state index in [-0.39, 0.29) is 37.1 Å². The zero-order valence-corrected chi connectivity index (χ0v) is 24.7. The molecule has 6 aromatic rings. The zero-order valence-electron chi connectivity index (χ0n) is 24.7. The third-order valence-electron chi connectivity index (χ3n) is 7.48. The molecule has 0 fully saturated rings. The van der Waals surface area contributed by atoms with E-state index in [1.165, 1.54) is 0 Å². The number of aromatic nitrogens is 1. The van der Waals surface area contributed by atoms with Crippen molar-refractivity contribution in [2.75, 3.05) is 18.5 Å². The number of pyridine rings is 1. The second kappa shape index (κ2) is 13.5. The molecule has 0 aliphatic heterocycles. The summed E-state index contributed by atoms with van der Waals surface area (Å²) in [5.41, 5.74) is 2.82. The lowest BCUT2D eigenvalue weighted by molar-refractivity contribution is -0.145. The molecular formula is C36H27F2N3O6. The van der Waals surface area contributed by atoms with Crippen molar-refractivity contribution >= 4 is 45.1 Å². The van der Waals surface area contributed by atoms with Crippen molar-refractivity contribution in [1.82, 2.24) is 10.3 Å². The second-order valence-electron chi connectivity index (χ2n) is 10.7. The first-order valence-electron chi connectivity index (χ1n) is 14.6. The molecule has 0 spiro atoms. The molecule has 5 aromatic carbocycles. The van der Waals surface area contributed by atoms with Crippen LogP contribution in [0.25, 0.3) is 21.7 Å². The molecule has 1 aromatic heterocycles. The van der Waals surface area contributed by atoms with Crippen molar-refractivity contribution < 1.29 is 37.7 Å². The molecule has 0 aliphatic rings. The number of ether oxygens (including phenoxy) is 2. The van der Waals surface area contributed by atoms with E-state index in [4.69, 9.17) is 9.47 Å². The van der Waals surface area contributed by atoms with Gasteiger partial charge in [0.1, 0.15) is 18.1 Å². The topological polar surface area (TPSA) is 127 Å². The van der Waals surface area contributed by atoms with Crippen molar-refractivity contribution in [1.29, 1.82) is 0 Å². The number of aliphatic carboxylic acids is 1. The minimum absolute atomic E-state index is 0.0206. The maximum absolute atomic E-state index is 13.5. The Labute approximate surface area is 267 Å². The van der Waals surface area contributed by atoms with E-state index >= 15 is 0 Å². The van der Waals surface area contributed by atoms with Crippen LogP contribution in [0, 0.1) is 11.6 Å². The summed E-state index contributed by atoms with van der Waals surface area (Å²) >= 11 is 0. The number of rotatable bonds is 12. The fourth-order valence-corrected chi connectivity index (χ4v) is 5.06. The Morgan fingerprint density at radius 3 is 2.28 bits per heavy atom. The smallest absolute Gasteiger partial charge is 0.345 e. The van der Waals surface area contributed by atoms with Gasteiger partial charge in [-0.25, -0.2) is 13.6 Å². The Hall–Kier alpha value is -6.10. The summed E-state index contributed by atoms with van der Waals surface area (Å²) in [5.74, 6) is -3.63. The number of carboxylic acid groups (broad SMARTS) is 1. The van der Waals surface area contributed by atoms with Gasteiger partial charge in [-0.3, -0.25) is 14.6 Å². The predicted octanol–water partition coefficient (Wildman–Crippen LogP) is 6.24. The van der Waals surface area contributed by atoms with E-state index in [1.54, 1.807) is 60.8 Å². The summed E-state index contributed by atoms with van der Waals surface area (Å²) in [7, 11) is 0. The van der Waals surface area contributed by atoms with Crippen LogP contribution >= 0.6 is 0 Å². The third-order valence-corrected chi connectivity index (χ3v) is 7.48. The van der Waals surface area contributed by atoms with Crippen LogP contribution < -0.4 is 20.1 Å². The van der Waals surface area contributed by atoms with Crippen LogP contribution in [-0.4, -0.2) is 47.1 Å². The maximum atomic E-state index is 13.5. The molecule has 0 saturated carbocycles. The van der Waals surface area contributed by atoms with Gasteiger partial charge in [0.2, 0.25) is 0 Å². The predicted molar refractivity (Wildman–Crippen MR) is 171 cm³/mol. The van der Waals surface area contributed by atoms with E-state index < -0.39 is 23.7 Å². The number of carboxylic acids is 1. The highest BCUT2D eigenvalue weighted by Crippen LogP contribution is 2.27. The van der Waals surface area contributed by atoms with Crippen LogP contribution in [0.3, 0.4) is 0 Å². The summed E-state index contributed by atoms with van der Waals surface area (Å²) in [6, 6.07) is 25.5. The Morgan fingerprint density at radius 1 is 0.787 bits per heavy atom. The summed E-state index contributed by atoms with van der Waals surface area (Å²) in [6.07, 6.45) is 0.387. The molecule has 6 rings (SSSR count). The number of hydrogen-bond donors (Lipinski definition) is 3. The average molecular weight is 636 g/mol. The van der Waals surface area contributed by atoms with Crippen molar-refractivity contribution in [3.63, 3.8) is 0 Å². The Bertz CT molecular complexity index is 2070. The number of anilines is 1. The minimum Gasteiger partial charge on any atom is -0.492 e. The minimum atomic E-state index is -1.32. The Balaban J connectivity index is 0.959. The number of nitrogens with one attached hydrogen (secondary N) is 2. The number of nitrogens with zero attached hydrogens (tertiary/aromatic N) is 1. The van der Waals surface area contributed by atoms with Gasteiger partial charge in [-0.1, -0.05) is 18.2 Å². The SMILES string of the molecule is O=C(NCCOc1ccc(CC(Oc2ccc(F)c(F)c2)C(=O)O)cc1)c1ccc(NC(=O)c2ccc3cc2c2cc3ccn2)cc1. The van der Waals surface area contributed by atoms with Gasteiger partial charge in [0, 0.05) is 40.9 Å². The zero-order chi connectivity index (χ0) is 32.9. The van der Waals surface area contributed by atoms with Crippen LogP contribution in [-0.2, 0) is 11.2 Å². The van der Waals surface area contributed by atoms with Crippen LogP contribution in [0.1, 0.15) is 26.3 Å². The molecule has 9 nitrogen and oxygen atoms in total. The lowest BCUT2D eigenvalue weighted by Crippen LogP contribution is -2.29. The van der Waals surface area contributed by atoms with E-state index in [0.717, 1.165) is 39.9 Å². The first kappa shape index (κ1) is 30.9. The first-order valence-corrected chi connectivity index (χ1v) is 14.6. The van der Waals surface area contributed by atoms with Gasteiger partial charge >= 0.3 is 5.97 Å². The highest BCUT2D eigenvalue weighted by Gasteiger charge is 2.21. The quantitative estimate of drug-likeness (QED) is 0.136. The molecule has 2 amide bonds. The molecule has 0 radical (unpaired) electrons. The maximum Gasteiger partial charge on any atom is 0.345 e. The number of benzene rings is 5. The van der Waals surface area contributed by atoms with Gasteiger partial charge in [0.05, 0.1) is 12.1 Å². The molecule has 4 bridgehead atoms. The largest absolute Gasteiger partial charge is 0.492 e. The van der Waals surface area contributed by atoms with Crippen molar-refractivity contribution in [3.8, 4) is 11.5 Å². The summed E-state index contributed by atoms with van der Waals surface area (Å²) in [6.45, 7) is 0.394. The average Bonchev–Trinajstić information content (AvgIpc) is 3.08. The van der Waals surface area contributed by atoms with Crippen LogP contribution in [0.5, 0.6) is 11.5 Å². The molecule has 1 atom stereocenters. The summed E-state index contributed by atoms with van der Waals surface area (Å²) < 4.78 is 37.6. The number of halogens is 2. The molecule has 1 unspecified atom stereocenters. The van der Waals surface area contributed by atoms with Gasteiger partial charge in [-0.2, -0.15) is 0 Å². The second-order valence-corrected chi connectivity index (χ2v) is 10.7. The van der Waals surface area contributed by atoms with Crippen molar-refractivity contribution in [2.24, 2.45) is 0 Å². The molecule has 0 saturated heterocycles. The van der Waals surface area contributed by atoms with E-state index in [0.29, 0.717) is 28.1 Å². The number of carbonyl (C=O) groups is 3. The molecule has 236 valence electrons. The van der Waals surface area contributed by atoms with E-state index in [2.05, 4.69) is 15.6 Å². The fraction of sp³-hybridized carbons (Fsp3) is 0.111. The molecule has 3 N–H and O–H groups in total. The molecular weight excluding hydrogens is 608 g/mol. The lowest BCUT2D eigenvalue weighted by Gasteiger charge is -2.16. The summed E-state index contributed by atoms with van der Waals surface area (Å²) in [4.78, 5) is 41.7. The number of hydrogen-bond acceptors (Lipinski definition) is 6. The monoisotopic (exact) mass is 635 g/mol. The lowest BCUT2D eigenvalue weighted by atomic mass is 10.0. The van der Waals surface area contributed by atoms with Crippen LogP contribution in [0.15, 0.2) is 103 Å². The molecule has 1 heterocycles. The highest BCUT2D eigenvalue weighted by atomic mass is 19.2. The van der Waals surface area contributed by atoms with Gasteiger partial charge in [-0.15, -0.1) is 0 Å². The van der Waals surface area contributed by atoms with Crippen molar-refractivity contribution in [2.45, 2.75) is 12.5 Å². The van der Waals surface area contributed by atoms with Crippen molar-refractivity contribution in [3.05, 3.63) is 132 Å². The van der Waals surface area contributed by atoms with Crippen LogP contribution in [0.2, 0.25) is 0 Å². The number of amides is 2. The standard InChI is InChI=1S/C36H27F2N3O6/c37-30-12-10-27(20-31(30)38)47-33(36(44)45)17-21-1-8-26(9-2-21)46-16-15-40-34(42)22-3-6-25(7-4-22)41-35(43)28-11-5-23-18-29(28)32-19-24(23)13-14-39-32/h1-14,18-20,33H,15-17H2,(H,40,42)(H,41,43)(H,44,45). The van der Waals surface area contributed by atoms with E-state index in [9.17, 15) is 28.3 Å². The molecule has 0 aliphatic carbocycles. The third kappa shape index (κ3) is 7.25. The van der Waals surface area contributed by atoms with Gasteiger partial charge in [0.25, 0.3) is 11.8 Å². The van der Waals surface area contributed by atoms with Gasteiger partial charge < -0.3 is 25.2 Å². The summed E-state index contributed by atoms with van der Waals surface area (Å²) in [5, 5.41) is 18.0. The first-order chi connectivity index (χ1) is 22.7. The van der Waals surface area contributed by atoms with E-state index in [1.807, 2.05) is 24.3 Å². The highest BCUT2D eigenvalue weighted by molar-refractivity contribution is 6.15. The molecule has 47 heavy (non-hydrogen) atoms. The number of fused-ring (bicyclic) bond motifs is 6. The van der Waals surface area contributed by atoms with Gasteiger partial charge in [-0.05, 0) is 89.1 Å². The van der Waals surface area contributed by atoms with Gasteiger partial charge in [0.15, 0.2) is 17.7 Å². The van der Waals surface area contributed by atoms with Crippen LogP contribution in [0.4, 0.5) is 14.5 Å². The molecule has 11 heteroatoms. The fourth-order valence-electron chi connectivity index (χ4n) is 5.06. The Morgan fingerprint density at radius 2 is 1.53 bits per heavy atom. The Kier molecular flexibility index (Phi) is 8.87. The number of carbonyl (C=O) groups excluding carboxylic acids is 2.